The van der Waals surface area contributed by atoms with Crippen LogP contribution in [0.25, 0.3) is 0 Å². The summed E-state index contributed by atoms with van der Waals surface area (Å²) < 4.78 is 5.34. The second-order valence-electron chi connectivity index (χ2n) is 6.71. The van der Waals surface area contributed by atoms with Gasteiger partial charge in [-0.3, -0.25) is 14.4 Å². The minimum atomic E-state index is -0.523. The van der Waals surface area contributed by atoms with Crippen LogP contribution in [0, 0.1) is 6.92 Å². The van der Waals surface area contributed by atoms with Crippen LogP contribution < -0.4 is 15.8 Å². The molecule has 0 aromatic heterocycles. The van der Waals surface area contributed by atoms with E-state index in [4.69, 9.17) is 10.5 Å². The molecule has 7 nitrogen and oxygen atoms in total. The molecule has 3 amide bonds. The normalized spacial score (nSPS) is 10.3. The molecule has 3 N–H and O–H groups in total. The Balaban J connectivity index is 1.92. The number of carbonyl (C=O) groups excluding carboxylic acids is 3. The number of ether oxygens (including phenoxy) is 1. The van der Waals surface area contributed by atoms with Crippen molar-refractivity contribution in [3.05, 3.63) is 59.2 Å². The van der Waals surface area contributed by atoms with E-state index in [9.17, 15) is 14.4 Å². The molecule has 0 atom stereocenters. The maximum absolute atomic E-state index is 12.7. The lowest BCUT2D eigenvalue weighted by atomic mass is 10.1. The van der Waals surface area contributed by atoms with E-state index in [1.54, 1.807) is 36.3 Å². The van der Waals surface area contributed by atoms with Gasteiger partial charge in [0.05, 0.1) is 13.5 Å². The molecule has 0 radical (unpaired) electrons. The van der Waals surface area contributed by atoms with Gasteiger partial charge < -0.3 is 20.7 Å². The molecular formula is C22H27N3O4. The number of primary amides is 1. The number of hydrogen-bond acceptors (Lipinski definition) is 4. The van der Waals surface area contributed by atoms with Crippen molar-refractivity contribution in [2.45, 2.75) is 26.7 Å². The SMILES string of the molecule is CCN(CCC(=O)Nc1ccc(C(N)=O)cc1)C(=O)Cc1cc(C)ccc1OC. The standard InChI is InChI=1S/C22H27N3O4/c1-4-25(21(27)14-17-13-15(2)5-10-19(17)29-3)12-11-20(26)24-18-8-6-16(7-9-18)22(23)28/h5-10,13H,4,11-12,14H2,1-3H3,(H2,23,28)(H,24,26). The lowest BCUT2D eigenvalue weighted by molar-refractivity contribution is -0.130. The third-order valence-electron chi connectivity index (χ3n) is 4.57. The Bertz CT molecular complexity index is 878. The minimum Gasteiger partial charge on any atom is -0.496 e. The lowest BCUT2D eigenvalue weighted by Crippen LogP contribution is -2.34. The molecule has 0 fully saturated rings. The van der Waals surface area contributed by atoms with Crippen LogP contribution in [0.3, 0.4) is 0 Å². The van der Waals surface area contributed by atoms with Gasteiger partial charge in [0.2, 0.25) is 17.7 Å². The molecule has 0 bridgehead atoms. The predicted octanol–water partition coefficient (Wildman–Crippen LogP) is 2.52. The predicted molar refractivity (Wildman–Crippen MR) is 112 cm³/mol. The second kappa shape index (κ2) is 10.3. The third kappa shape index (κ3) is 6.34. The van der Waals surface area contributed by atoms with Crippen LogP contribution in [-0.4, -0.2) is 42.8 Å². The van der Waals surface area contributed by atoms with Crippen LogP contribution in [0.4, 0.5) is 5.69 Å². The summed E-state index contributed by atoms with van der Waals surface area (Å²) in [5.41, 5.74) is 8.02. The summed E-state index contributed by atoms with van der Waals surface area (Å²) in [5, 5.41) is 2.75. The molecule has 0 aliphatic rings. The van der Waals surface area contributed by atoms with Gasteiger partial charge in [-0.05, 0) is 44.2 Å². The Morgan fingerprint density at radius 2 is 1.79 bits per heavy atom. The van der Waals surface area contributed by atoms with Crippen LogP contribution in [0.1, 0.15) is 34.8 Å². The van der Waals surface area contributed by atoms with E-state index < -0.39 is 5.91 Å². The Morgan fingerprint density at radius 3 is 2.38 bits per heavy atom. The second-order valence-corrected chi connectivity index (χ2v) is 6.71. The summed E-state index contributed by atoms with van der Waals surface area (Å²) in [5.74, 6) is -0.117. The topological polar surface area (TPSA) is 102 Å². The number of nitrogens with two attached hydrogens (primary N) is 1. The van der Waals surface area contributed by atoms with Crippen molar-refractivity contribution >= 4 is 23.4 Å². The third-order valence-corrected chi connectivity index (χ3v) is 4.57. The number of rotatable bonds is 9. The fourth-order valence-corrected chi connectivity index (χ4v) is 2.96. The van der Waals surface area contributed by atoms with E-state index in [0.717, 1.165) is 11.1 Å². The molecule has 0 saturated heterocycles. The highest BCUT2D eigenvalue weighted by Crippen LogP contribution is 2.21. The average Bonchev–Trinajstić information content (AvgIpc) is 2.69. The van der Waals surface area contributed by atoms with E-state index >= 15 is 0 Å². The zero-order valence-corrected chi connectivity index (χ0v) is 17.0. The van der Waals surface area contributed by atoms with Crippen molar-refractivity contribution in [2.24, 2.45) is 5.73 Å². The molecule has 0 heterocycles. The van der Waals surface area contributed by atoms with Crippen LogP contribution in [0.15, 0.2) is 42.5 Å². The highest BCUT2D eigenvalue weighted by Gasteiger charge is 2.16. The highest BCUT2D eigenvalue weighted by atomic mass is 16.5. The first-order chi connectivity index (χ1) is 13.8. The van der Waals surface area contributed by atoms with Crippen molar-refractivity contribution in [1.82, 2.24) is 4.90 Å². The molecule has 0 aliphatic carbocycles. The Labute approximate surface area is 170 Å². The number of likely N-dealkylation sites (N-methyl/N-ethyl adjacent to an activating group) is 1. The largest absolute Gasteiger partial charge is 0.496 e. The summed E-state index contributed by atoms with van der Waals surface area (Å²) >= 11 is 0. The van der Waals surface area contributed by atoms with Gasteiger partial charge in [-0.25, -0.2) is 0 Å². The monoisotopic (exact) mass is 397 g/mol. The Hall–Kier alpha value is -3.35. The molecule has 0 spiro atoms. The van der Waals surface area contributed by atoms with Gasteiger partial charge in [-0.2, -0.15) is 0 Å². The van der Waals surface area contributed by atoms with Gasteiger partial charge in [0.15, 0.2) is 0 Å². The molecule has 0 aliphatic heterocycles. The number of benzene rings is 2. The number of nitrogens with one attached hydrogen (secondary N) is 1. The molecule has 29 heavy (non-hydrogen) atoms. The van der Waals surface area contributed by atoms with Gasteiger partial charge in [-0.15, -0.1) is 0 Å². The molecule has 2 aromatic carbocycles. The maximum Gasteiger partial charge on any atom is 0.248 e. The van der Waals surface area contributed by atoms with Gasteiger partial charge >= 0.3 is 0 Å². The van der Waals surface area contributed by atoms with Crippen LogP contribution >= 0.6 is 0 Å². The summed E-state index contributed by atoms with van der Waals surface area (Å²) in [6, 6.07) is 12.1. The summed E-state index contributed by atoms with van der Waals surface area (Å²) in [7, 11) is 1.58. The zero-order valence-electron chi connectivity index (χ0n) is 17.0. The van der Waals surface area contributed by atoms with Gasteiger partial charge in [-0.1, -0.05) is 17.7 Å². The van der Waals surface area contributed by atoms with Crippen LogP contribution in [0.5, 0.6) is 5.75 Å². The maximum atomic E-state index is 12.7. The molecule has 0 saturated carbocycles. The number of carbonyl (C=O) groups is 3. The Morgan fingerprint density at radius 1 is 1.10 bits per heavy atom. The first kappa shape index (κ1) is 21.9. The van der Waals surface area contributed by atoms with Gasteiger partial charge in [0.25, 0.3) is 0 Å². The van der Waals surface area contributed by atoms with Crippen LogP contribution in [-0.2, 0) is 16.0 Å². The van der Waals surface area contributed by atoms with Gasteiger partial charge in [0, 0.05) is 36.3 Å². The summed E-state index contributed by atoms with van der Waals surface area (Å²) in [6.07, 6.45) is 0.386. The lowest BCUT2D eigenvalue weighted by Gasteiger charge is -2.21. The van der Waals surface area contributed by atoms with E-state index in [1.807, 2.05) is 32.0 Å². The van der Waals surface area contributed by atoms with E-state index in [-0.39, 0.29) is 24.7 Å². The first-order valence-electron chi connectivity index (χ1n) is 9.45. The zero-order chi connectivity index (χ0) is 21.4. The molecular weight excluding hydrogens is 370 g/mol. The molecule has 0 unspecified atom stereocenters. The van der Waals surface area contributed by atoms with Crippen molar-refractivity contribution in [2.75, 3.05) is 25.5 Å². The molecule has 2 rings (SSSR count). The number of nitrogens with zero attached hydrogens (tertiary/aromatic N) is 1. The molecule has 154 valence electrons. The van der Waals surface area contributed by atoms with Crippen molar-refractivity contribution in [3.63, 3.8) is 0 Å². The Kier molecular flexibility index (Phi) is 7.77. The van der Waals surface area contributed by atoms with E-state index in [1.165, 1.54) is 0 Å². The molecule has 7 heteroatoms. The van der Waals surface area contributed by atoms with Crippen molar-refractivity contribution in [1.29, 1.82) is 0 Å². The number of methoxy groups -OCH3 is 1. The first-order valence-corrected chi connectivity index (χ1v) is 9.45. The number of aryl methyl sites for hydroxylation is 1. The fourth-order valence-electron chi connectivity index (χ4n) is 2.96. The quantitative estimate of drug-likeness (QED) is 0.679. The summed E-state index contributed by atoms with van der Waals surface area (Å²) in [6.45, 7) is 4.67. The molecule has 2 aromatic rings. The number of anilines is 1. The average molecular weight is 397 g/mol. The van der Waals surface area contributed by atoms with E-state index in [2.05, 4.69) is 5.32 Å². The van der Waals surface area contributed by atoms with Crippen molar-refractivity contribution in [3.8, 4) is 5.75 Å². The van der Waals surface area contributed by atoms with E-state index in [0.29, 0.717) is 30.1 Å². The highest BCUT2D eigenvalue weighted by molar-refractivity contribution is 5.95. The number of hydrogen-bond donors (Lipinski definition) is 2. The van der Waals surface area contributed by atoms with Crippen molar-refractivity contribution < 1.29 is 19.1 Å². The summed E-state index contributed by atoms with van der Waals surface area (Å²) in [4.78, 5) is 37.6. The van der Waals surface area contributed by atoms with Gasteiger partial charge in [0.1, 0.15) is 5.75 Å². The minimum absolute atomic E-state index is 0.0602. The van der Waals surface area contributed by atoms with Crippen LogP contribution in [0.2, 0.25) is 0 Å². The fraction of sp³-hybridized carbons (Fsp3) is 0.318. The number of amides is 3. The smallest absolute Gasteiger partial charge is 0.248 e.